The first-order valence-corrected chi connectivity index (χ1v) is 9.97. The highest BCUT2D eigenvalue weighted by Gasteiger charge is 2.13. The van der Waals surface area contributed by atoms with Crippen molar-refractivity contribution in [3.8, 4) is 35.5 Å². The van der Waals surface area contributed by atoms with Gasteiger partial charge in [0.1, 0.15) is 24.7 Å². The van der Waals surface area contributed by atoms with E-state index in [0.29, 0.717) is 11.5 Å². The quantitative estimate of drug-likeness (QED) is 0.365. The van der Waals surface area contributed by atoms with Crippen LogP contribution in [0.3, 0.4) is 0 Å². The van der Waals surface area contributed by atoms with Gasteiger partial charge in [-0.25, -0.2) is 0 Å². The summed E-state index contributed by atoms with van der Waals surface area (Å²) < 4.78 is 22.7. The molecule has 8 bridgehead atoms. The van der Waals surface area contributed by atoms with Crippen LogP contribution in [0.4, 0.5) is 0 Å². The van der Waals surface area contributed by atoms with Crippen LogP contribution in [-0.2, 0) is 13.2 Å². The van der Waals surface area contributed by atoms with Crippen LogP contribution in [0.1, 0.15) is 11.1 Å². The van der Waals surface area contributed by atoms with Crippen molar-refractivity contribution < 1.29 is 18.9 Å². The molecule has 0 saturated heterocycles. The van der Waals surface area contributed by atoms with Crippen molar-refractivity contribution >= 4 is 23.2 Å². The van der Waals surface area contributed by atoms with Crippen LogP contribution in [0.15, 0.2) is 48.5 Å². The van der Waals surface area contributed by atoms with Gasteiger partial charge < -0.3 is 18.9 Å². The first-order chi connectivity index (χ1) is 15.6. The van der Waals surface area contributed by atoms with E-state index in [0.717, 1.165) is 11.1 Å². The first-order valence-electron chi connectivity index (χ1n) is 9.21. The topological polar surface area (TPSA) is 114 Å². The van der Waals surface area contributed by atoms with Gasteiger partial charge in [-0.05, 0) is 52.5 Å². The molecule has 1 aliphatic rings. The summed E-state index contributed by atoms with van der Waals surface area (Å²) in [4.78, 5) is 24.2. The number of halogens is 2. The number of hydrogen-bond donors (Lipinski definition) is 0. The lowest BCUT2D eigenvalue weighted by molar-refractivity contribution is 0.268. The highest BCUT2D eigenvalue weighted by molar-refractivity contribution is 6.28. The van der Waals surface area contributed by atoms with E-state index in [2.05, 4.69) is 29.9 Å². The lowest BCUT2D eigenvalue weighted by atomic mass is 10.1. The third-order valence-corrected chi connectivity index (χ3v) is 4.42. The van der Waals surface area contributed by atoms with Crippen molar-refractivity contribution in [2.75, 3.05) is 0 Å². The Labute approximate surface area is 191 Å². The highest BCUT2D eigenvalue weighted by Crippen LogP contribution is 2.28. The van der Waals surface area contributed by atoms with Gasteiger partial charge in [-0.1, -0.05) is 24.3 Å². The molecule has 0 atom stereocenters. The van der Waals surface area contributed by atoms with E-state index in [1.54, 1.807) is 24.3 Å². The molecule has 4 aromatic rings. The lowest BCUT2D eigenvalue weighted by Crippen LogP contribution is -2.05. The average molecular weight is 471 g/mol. The molecule has 10 nitrogen and oxygen atoms in total. The Morgan fingerprint density at radius 3 is 1.56 bits per heavy atom. The molecule has 0 fully saturated rings. The van der Waals surface area contributed by atoms with E-state index in [1.165, 1.54) is 0 Å². The standard InChI is InChI=1S/C20H12Cl2N6O4/c21-15-23-17-27-19(25-15)31-13-5-2-6-14(8-13)32-20-26-16(22)24-18(28-20)30-10-12-4-1-3-11(7-12)9-29-17/h1-8H,9-10H2. The zero-order valence-corrected chi connectivity index (χ0v) is 17.6. The van der Waals surface area contributed by atoms with Crippen LogP contribution in [-0.4, -0.2) is 29.9 Å². The Morgan fingerprint density at radius 1 is 0.562 bits per heavy atom. The zero-order chi connectivity index (χ0) is 21.9. The molecule has 32 heavy (non-hydrogen) atoms. The van der Waals surface area contributed by atoms with Gasteiger partial charge >= 0.3 is 24.0 Å². The van der Waals surface area contributed by atoms with Gasteiger partial charge in [-0.15, -0.1) is 9.97 Å². The van der Waals surface area contributed by atoms with Crippen LogP contribution >= 0.6 is 23.2 Å². The third kappa shape index (κ3) is 4.93. The third-order valence-electron chi connectivity index (χ3n) is 4.09. The van der Waals surface area contributed by atoms with Gasteiger partial charge in [0.05, 0.1) is 0 Å². The van der Waals surface area contributed by atoms with Crippen molar-refractivity contribution in [1.29, 1.82) is 0 Å². The summed E-state index contributed by atoms with van der Waals surface area (Å²) in [5, 5.41) is -0.136. The Kier molecular flexibility index (Phi) is 5.53. The maximum atomic E-state index is 6.01. The number of fused-ring (bicyclic) bond motifs is 8. The smallest absolute Gasteiger partial charge is 0.329 e. The normalized spacial score (nSPS) is 12.8. The average Bonchev–Trinajstić information content (AvgIpc) is 2.76. The van der Waals surface area contributed by atoms with Crippen LogP contribution in [0.25, 0.3) is 0 Å². The van der Waals surface area contributed by atoms with E-state index in [1.807, 2.05) is 24.3 Å². The summed E-state index contributed by atoms with van der Waals surface area (Å²) in [6, 6.07) is 14.2. The molecule has 2 aromatic heterocycles. The van der Waals surface area contributed by atoms with Crippen molar-refractivity contribution in [1.82, 2.24) is 29.9 Å². The fraction of sp³-hybridized carbons (Fsp3) is 0.100. The second-order valence-electron chi connectivity index (χ2n) is 6.42. The number of ether oxygens (including phenoxy) is 4. The highest BCUT2D eigenvalue weighted by atomic mass is 35.5. The number of nitrogens with zero attached hydrogens (tertiary/aromatic N) is 6. The second-order valence-corrected chi connectivity index (χ2v) is 7.09. The molecule has 0 spiro atoms. The molecule has 0 radical (unpaired) electrons. The summed E-state index contributed by atoms with van der Waals surface area (Å²) in [6.45, 7) is 0.386. The molecule has 0 aliphatic carbocycles. The molecule has 12 heteroatoms. The van der Waals surface area contributed by atoms with Crippen LogP contribution in [0.2, 0.25) is 10.6 Å². The molecule has 2 aromatic carbocycles. The fourth-order valence-corrected chi connectivity index (χ4v) is 3.06. The Balaban J connectivity index is 1.54. The minimum atomic E-state index is -0.0682. The van der Waals surface area contributed by atoms with Crippen molar-refractivity contribution in [2.45, 2.75) is 13.2 Å². The van der Waals surface area contributed by atoms with Crippen LogP contribution in [0.5, 0.6) is 35.5 Å². The molecule has 0 N–H and O–H groups in total. The van der Waals surface area contributed by atoms with E-state index in [9.17, 15) is 0 Å². The Hall–Kier alpha value is -3.76. The first kappa shape index (κ1) is 20.2. The molecule has 5 rings (SSSR count). The molecule has 0 amide bonds. The minimum absolute atomic E-state index is 0.0254. The maximum Gasteiger partial charge on any atom is 0.329 e. The number of rotatable bonds is 0. The van der Waals surface area contributed by atoms with Gasteiger partial charge in [-0.3, -0.25) is 0 Å². The van der Waals surface area contributed by atoms with Crippen LogP contribution in [0, 0.1) is 0 Å². The SMILES string of the molecule is Clc1nc2nc(n1)Oc1cccc(c1)Oc1nc(Cl)nc(n1)OCc1cccc(c1)CO2. The lowest BCUT2D eigenvalue weighted by Gasteiger charge is -2.11. The van der Waals surface area contributed by atoms with Crippen molar-refractivity contribution in [2.24, 2.45) is 0 Å². The molecule has 0 saturated carbocycles. The number of hydrogen-bond acceptors (Lipinski definition) is 10. The summed E-state index contributed by atoms with van der Waals surface area (Å²) in [5.41, 5.74) is 1.72. The predicted octanol–water partition coefficient (Wildman–Crippen LogP) is 4.42. The van der Waals surface area contributed by atoms with Crippen molar-refractivity contribution in [3.05, 3.63) is 70.2 Å². The zero-order valence-electron chi connectivity index (χ0n) is 16.1. The van der Waals surface area contributed by atoms with Gasteiger partial charge in [0.15, 0.2) is 0 Å². The minimum Gasteiger partial charge on any atom is -0.458 e. The van der Waals surface area contributed by atoms with Gasteiger partial charge in [0.25, 0.3) is 0 Å². The van der Waals surface area contributed by atoms with Crippen molar-refractivity contribution in [3.63, 3.8) is 0 Å². The second kappa shape index (κ2) is 8.77. The molecular weight excluding hydrogens is 459 g/mol. The summed E-state index contributed by atoms with van der Waals surface area (Å²) in [6.07, 6.45) is 0. The monoisotopic (exact) mass is 470 g/mol. The number of benzene rings is 2. The van der Waals surface area contributed by atoms with E-state index < -0.39 is 0 Å². The van der Waals surface area contributed by atoms with E-state index in [-0.39, 0.29) is 47.8 Å². The van der Waals surface area contributed by atoms with Gasteiger partial charge in [0.2, 0.25) is 10.6 Å². The predicted molar refractivity (Wildman–Crippen MR) is 111 cm³/mol. The van der Waals surface area contributed by atoms with Gasteiger partial charge in [-0.2, -0.15) is 19.9 Å². The maximum absolute atomic E-state index is 6.01. The molecule has 3 heterocycles. The van der Waals surface area contributed by atoms with Gasteiger partial charge in [0, 0.05) is 6.07 Å². The van der Waals surface area contributed by atoms with E-state index in [4.69, 9.17) is 42.1 Å². The Morgan fingerprint density at radius 2 is 1.03 bits per heavy atom. The molecular formula is C20H12Cl2N6O4. The summed E-state index contributed by atoms with van der Waals surface area (Å²) >= 11 is 12.0. The van der Waals surface area contributed by atoms with Crippen LogP contribution < -0.4 is 18.9 Å². The molecule has 1 aliphatic heterocycles. The molecule has 0 unspecified atom stereocenters. The number of aromatic nitrogens is 6. The van der Waals surface area contributed by atoms with E-state index >= 15 is 0 Å². The fourth-order valence-electron chi connectivity index (χ4n) is 2.77. The largest absolute Gasteiger partial charge is 0.458 e. The summed E-state index contributed by atoms with van der Waals surface area (Å²) in [7, 11) is 0. The molecule has 160 valence electrons. The Bertz CT molecular complexity index is 1200. The summed E-state index contributed by atoms with van der Waals surface area (Å²) in [5.74, 6) is 0.752.